The van der Waals surface area contributed by atoms with E-state index in [2.05, 4.69) is 15.1 Å². The number of amides is 1. The molecule has 7 nitrogen and oxygen atoms in total. The van der Waals surface area contributed by atoms with Crippen LogP contribution in [0.25, 0.3) is 5.69 Å². The number of aromatic nitrogens is 2. The van der Waals surface area contributed by atoms with Gasteiger partial charge in [0.1, 0.15) is 0 Å². The Labute approximate surface area is 180 Å². The van der Waals surface area contributed by atoms with Crippen LogP contribution in [0.2, 0.25) is 0 Å². The SMILES string of the molecule is Cc1ccccc1NS(=O)(=O)c1ccc(C(=O)Nc2ccn(-c3ccccc3)n2)cc1. The minimum Gasteiger partial charge on any atom is -0.305 e. The van der Waals surface area contributed by atoms with Gasteiger partial charge in [-0.3, -0.25) is 9.52 Å². The van der Waals surface area contributed by atoms with Crippen molar-refractivity contribution in [3.8, 4) is 5.69 Å². The zero-order valence-electron chi connectivity index (χ0n) is 16.7. The Bertz CT molecular complexity index is 1310. The van der Waals surface area contributed by atoms with E-state index in [1.807, 2.05) is 49.4 Å². The molecule has 0 saturated heterocycles. The van der Waals surface area contributed by atoms with Crippen LogP contribution in [0.15, 0.2) is 96.0 Å². The van der Waals surface area contributed by atoms with Crippen molar-refractivity contribution in [2.75, 3.05) is 10.0 Å². The normalized spacial score (nSPS) is 11.1. The van der Waals surface area contributed by atoms with Crippen molar-refractivity contribution in [3.63, 3.8) is 0 Å². The third kappa shape index (κ3) is 4.65. The van der Waals surface area contributed by atoms with Crippen LogP contribution >= 0.6 is 0 Å². The van der Waals surface area contributed by atoms with Gasteiger partial charge in [-0.2, -0.15) is 5.10 Å². The molecule has 0 aliphatic rings. The number of para-hydroxylation sites is 2. The highest BCUT2D eigenvalue weighted by atomic mass is 32.2. The lowest BCUT2D eigenvalue weighted by molar-refractivity contribution is 0.102. The van der Waals surface area contributed by atoms with Gasteiger partial charge in [0.05, 0.1) is 16.3 Å². The number of nitrogens with one attached hydrogen (secondary N) is 2. The molecule has 156 valence electrons. The van der Waals surface area contributed by atoms with Gasteiger partial charge in [-0.1, -0.05) is 36.4 Å². The summed E-state index contributed by atoms with van der Waals surface area (Å²) in [4.78, 5) is 12.6. The summed E-state index contributed by atoms with van der Waals surface area (Å²) in [6, 6.07) is 24.1. The molecule has 8 heteroatoms. The first-order chi connectivity index (χ1) is 14.9. The Morgan fingerprint density at radius 1 is 0.871 bits per heavy atom. The molecule has 0 aliphatic heterocycles. The van der Waals surface area contributed by atoms with Crippen LogP contribution < -0.4 is 10.0 Å². The van der Waals surface area contributed by atoms with E-state index in [9.17, 15) is 13.2 Å². The second kappa shape index (κ2) is 8.45. The van der Waals surface area contributed by atoms with Crippen molar-refractivity contribution in [2.45, 2.75) is 11.8 Å². The highest BCUT2D eigenvalue weighted by Crippen LogP contribution is 2.20. The molecule has 0 fully saturated rings. The van der Waals surface area contributed by atoms with Crippen LogP contribution in [-0.4, -0.2) is 24.1 Å². The van der Waals surface area contributed by atoms with Crippen molar-refractivity contribution in [3.05, 3.63) is 102 Å². The number of rotatable bonds is 6. The maximum absolute atomic E-state index is 12.6. The van der Waals surface area contributed by atoms with E-state index in [0.29, 0.717) is 17.1 Å². The summed E-state index contributed by atoms with van der Waals surface area (Å²) in [6.07, 6.45) is 1.75. The molecule has 0 radical (unpaired) electrons. The summed E-state index contributed by atoms with van der Waals surface area (Å²) in [7, 11) is -3.76. The molecule has 4 aromatic rings. The molecular weight excluding hydrogens is 412 g/mol. The molecule has 2 N–H and O–H groups in total. The first-order valence-electron chi connectivity index (χ1n) is 9.53. The van der Waals surface area contributed by atoms with Gasteiger partial charge >= 0.3 is 0 Å². The largest absolute Gasteiger partial charge is 0.305 e. The highest BCUT2D eigenvalue weighted by molar-refractivity contribution is 7.92. The molecule has 0 spiro atoms. The lowest BCUT2D eigenvalue weighted by Gasteiger charge is -2.11. The zero-order valence-corrected chi connectivity index (χ0v) is 17.5. The lowest BCUT2D eigenvalue weighted by Crippen LogP contribution is -2.15. The Hall–Kier alpha value is -3.91. The lowest BCUT2D eigenvalue weighted by atomic mass is 10.2. The van der Waals surface area contributed by atoms with Crippen LogP contribution in [-0.2, 0) is 10.0 Å². The van der Waals surface area contributed by atoms with Crippen molar-refractivity contribution in [2.24, 2.45) is 0 Å². The number of benzene rings is 3. The van der Waals surface area contributed by atoms with E-state index in [-0.39, 0.29) is 10.8 Å². The highest BCUT2D eigenvalue weighted by Gasteiger charge is 2.16. The summed E-state index contributed by atoms with van der Waals surface area (Å²) in [5.74, 6) is 0.0147. The van der Waals surface area contributed by atoms with E-state index < -0.39 is 10.0 Å². The number of anilines is 2. The number of carbonyl (C=O) groups excluding carboxylic acids is 1. The van der Waals surface area contributed by atoms with Crippen molar-refractivity contribution in [1.82, 2.24) is 9.78 Å². The maximum atomic E-state index is 12.6. The summed E-state index contributed by atoms with van der Waals surface area (Å²) < 4.78 is 29.5. The van der Waals surface area contributed by atoms with Gasteiger partial charge < -0.3 is 5.32 Å². The number of nitrogens with zero attached hydrogens (tertiary/aromatic N) is 2. The van der Waals surface area contributed by atoms with Gasteiger partial charge in [0.15, 0.2) is 5.82 Å². The van der Waals surface area contributed by atoms with E-state index in [1.54, 1.807) is 29.1 Å². The van der Waals surface area contributed by atoms with Crippen LogP contribution in [0.1, 0.15) is 15.9 Å². The molecule has 4 rings (SSSR count). The number of hydrogen-bond donors (Lipinski definition) is 2. The predicted molar refractivity (Wildman–Crippen MR) is 120 cm³/mol. The van der Waals surface area contributed by atoms with E-state index in [1.165, 1.54) is 24.3 Å². The van der Waals surface area contributed by atoms with Gasteiger partial charge in [0.2, 0.25) is 0 Å². The van der Waals surface area contributed by atoms with Gasteiger partial charge in [-0.25, -0.2) is 13.1 Å². The molecule has 0 aliphatic carbocycles. The van der Waals surface area contributed by atoms with Crippen LogP contribution in [0.3, 0.4) is 0 Å². The minimum absolute atomic E-state index is 0.0701. The molecular formula is C23H20N4O3S. The monoisotopic (exact) mass is 432 g/mol. The summed E-state index contributed by atoms with van der Waals surface area (Å²) in [5, 5.41) is 7.05. The Morgan fingerprint density at radius 3 is 2.26 bits per heavy atom. The molecule has 0 saturated carbocycles. The average molecular weight is 433 g/mol. The Kier molecular flexibility index (Phi) is 5.55. The number of hydrogen-bond acceptors (Lipinski definition) is 4. The quantitative estimate of drug-likeness (QED) is 0.477. The molecule has 1 amide bonds. The average Bonchev–Trinajstić information content (AvgIpc) is 3.24. The minimum atomic E-state index is -3.76. The van der Waals surface area contributed by atoms with E-state index in [0.717, 1.165) is 11.3 Å². The molecule has 1 aromatic heterocycles. The maximum Gasteiger partial charge on any atom is 0.261 e. The van der Waals surface area contributed by atoms with E-state index in [4.69, 9.17) is 0 Å². The molecule has 0 bridgehead atoms. The number of aryl methyl sites for hydroxylation is 1. The van der Waals surface area contributed by atoms with Crippen LogP contribution in [0.5, 0.6) is 0 Å². The molecule has 0 unspecified atom stereocenters. The molecule has 1 heterocycles. The number of sulfonamides is 1. The molecule has 31 heavy (non-hydrogen) atoms. The third-order valence-corrected chi connectivity index (χ3v) is 6.05. The van der Waals surface area contributed by atoms with Gasteiger partial charge in [0.25, 0.3) is 15.9 Å². The fourth-order valence-corrected chi connectivity index (χ4v) is 4.11. The summed E-state index contributed by atoms with van der Waals surface area (Å²) in [5.41, 5.74) is 2.53. The first-order valence-corrected chi connectivity index (χ1v) is 11.0. The first kappa shape index (κ1) is 20.4. The molecule has 0 atom stereocenters. The predicted octanol–water partition coefficient (Wildman–Crippen LogP) is 4.23. The Morgan fingerprint density at radius 2 is 1.55 bits per heavy atom. The van der Waals surface area contributed by atoms with Crippen molar-refractivity contribution < 1.29 is 13.2 Å². The fraction of sp³-hybridized carbons (Fsp3) is 0.0435. The van der Waals surface area contributed by atoms with Crippen molar-refractivity contribution in [1.29, 1.82) is 0 Å². The number of carbonyl (C=O) groups is 1. The topological polar surface area (TPSA) is 93.1 Å². The van der Waals surface area contributed by atoms with Crippen LogP contribution in [0, 0.1) is 6.92 Å². The summed E-state index contributed by atoms with van der Waals surface area (Å²) >= 11 is 0. The summed E-state index contributed by atoms with van der Waals surface area (Å²) in [6.45, 7) is 1.82. The zero-order chi connectivity index (χ0) is 21.8. The second-order valence-corrected chi connectivity index (χ2v) is 8.56. The smallest absolute Gasteiger partial charge is 0.261 e. The van der Waals surface area contributed by atoms with Gasteiger partial charge in [-0.05, 0) is 55.0 Å². The van der Waals surface area contributed by atoms with Gasteiger partial charge in [-0.15, -0.1) is 0 Å². The molecule has 3 aromatic carbocycles. The standard InChI is InChI=1S/C23H20N4O3S/c1-17-7-5-6-10-21(17)26-31(29,30)20-13-11-18(12-14-20)23(28)24-22-15-16-27(25-22)19-8-3-2-4-9-19/h2-16,26H,1H3,(H,24,25,28). The van der Waals surface area contributed by atoms with Crippen molar-refractivity contribution >= 4 is 27.4 Å². The fourth-order valence-electron chi connectivity index (χ4n) is 2.98. The van der Waals surface area contributed by atoms with E-state index >= 15 is 0 Å². The van der Waals surface area contributed by atoms with Crippen LogP contribution in [0.4, 0.5) is 11.5 Å². The Balaban J connectivity index is 1.46. The third-order valence-electron chi connectivity index (χ3n) is 4.67. The van der Waals surface area contributed by atoms with Gasteiger partial charge in [0, 0.05) is 17.8 Å². The second-order valence-electron chi connectivity index (χ2n) is 6.88.